The van der Waals surface area contributed by atoms with E-state index in [4.69, 9.17) is 0 Å². The first kappa shape index (κ1) is 11.7. The van der Waals surface area contributed by atoms with Crippen LogP contribution in [0, 0.1) is 13.8 Å². The van der Waals surface area contributed by atoms with E-state index in [1.54, 1.807) is 5.56 Å². The summed E-state index contributed by atoms with van der Waals surface area (Å²) in [5, 5.41) is 4.84. The molecule has 3 heterocycles. The molecule has 3 heteroatoms. The van der Waals surface area contributed by atoms with Gasteiger partial charge in [-0.2, -0.15) is 0 Å². The normalized spacial score (nSPS) is 17.5. The van der Waals surface area contributed by atoms with Gasteiger partial charge in [-0.25, -0.2) is 4.98 Å². The highest BCUT2D eigenvalue weighted by atomic mass is 15.0. The molecule has 1 aliphatic heterocycles. The molecule has 1 aliphatic rings. The second kappa shape index (κ2) is 4.39. The summed E-state index contributed by atoms with van der Waals surface area (Å²) >= 11 is 0. The topological polar surface area (TPSA) is 29.9 Å². The van der Waals surface area contributed by atoms with Gasteiger partial charge in [0.25, 0.3) is 0 Å². The van der Waals surface area contributed by atoms with E-state index in [2.05, 4.69) is 41.8 Å². The van der Waals surface area contributed by atoms with Gasteiger partial charge in [-0.15, -0.1) is 0 Å². The van der Waals surface area contributed by atoms with Gasteiger partial charge in [0.2, 0.25) is 0 Å². The quantitative estimate of drug-likeness (QED) is 0.834. The Labute approximate surface area is 108 Å². The van der Waals surface area contributed by atoms with Gasteiger partial charge in [-0.1, -0.05) is 0 Å². The van der Waals surface area contributed by atoms with Crippen molar-refractivity contribution in [2.45, 2.75) is 32.6 Å². The predicted octanol–water partition coefficient (Wildman–Crippen LogP) is 2.66. The number of rotatable bonds is 1. The molecule has 1 saturated heterocycles. The lowest BCUT2D eigenvalue weighted by molar-refractivity contribution is 0.460. The zero-order chi connectivity index (χ0) is 12.7. The molecule has 2 aromatic rings. The molecule has 18 heavy (non-hydrogen) atoms. The van der Waals surface area contributed by atoms with E-state index in [9.17, 15) is 0 Å². The third-order valence-corrected chi connectivity index (χ3v) is 4.37. The molecule has 0 amide bonds. The van der Waals surface area contributed by atoms with E-state index in [0.29, 0.717) is 5.92 Å². The maximum absolute atomic E-state index is 4.57. The highest BCUT2D eigenvalue weighted by Crippen LogP contribution is 2.36. The molecule has 0 saturated carbocycles. The average molecular weight is 243 g/mol. The fraction of sp³-hybridized carbons (Fsp3) is 0.533. The minimum absolute atomic E-state index is 0.692. The van der Waals surface area contributed by atoms with Crippen LogP contribution in [0.15, 0.2) is 12.3 Å². The monoisotopic (exact) mass is 243 g/mol. The maximum Gasteiger partial charge on any atom is 0.140 e. The fourth-order valence-corrected chi connectivity index (χ4v) is 3.26. The number of nitrogens with zero attached hydrogens (tertiary/aromatic N) is 2. The number of hydrogen-bond donors (Lipinski definition) is 1. The van der Waals surface area contributed by atoms with Crippen molar-refractivity contribution in [3.05, 3.63) is 29.1 Å². The largest absolute Gasteiger partial charge is 0.333 e. The number of nitrogens with one attached hydrogen (secondary N) is 1. The molecular weight excluding hydrogens is 222 g/mol. The Morgan fingerprint density at radius 3 is 2.72 bits per heavy atom. The third-order valence-electron chi connectivity index (χ3n) is 4.37. The molecule has 1 fully saturated rings. The third kappa shape index (κ3) is 1.65. The molecule has 0 atom stereocenters. The summed E-state index contributed by atoms with van der Waals surface area (Å²) in [6, 6.07) is 2.13. The molecule has 3 rings (SSSR count). The van der Waals surface area contributed by atoms with Gasteiger partial charge in [0.1, 0.15) is 5.65 Å². The predicted molar refractivity (Wildman–Crippen MR) is 75.0 cm³/mol. The molecule has 0 bridgehead atoms. The van der Waals surface area contributed by atoms with Crippen LogP contribution in [-0.2, 0) is 7.05 Å². The van der Waals surface area contributed by atoms with E-state index in [0.717, 1.165) is 18.7 Å². The van der Waals surface area contributed by atoms with Crippen LogP contribution in [0.5, 0.6) is 0 Å². The number of fused-ring (bicyclic) bond motifs is 1. The molecule has 0 spiro atoms. The molecule has 1 N–H and O–H groups in total. The summed E-state index contributed by atoms with van der Waals surface area (Å²) in [7, 11) is 2.13. The van der Waals surface area contributed by atoms with Gasteiger partial charge in [0.05, 0.1) is 0 Å². The van der Waals surface area contributed by atoms with Crippen LogP contribution in [0.2, 0.25) is 0 Å². The molecule has 0 radical (unpaired) electrons. The van der Waals surface area contributed by atoms with Crippen molar-refractivity contribution in [2.24, 2.45) is 7.05 Å². The van der Waals surface area contributed by atoms with Gasteiger partial charge in [-0.05, 0) is 62.9 Å². The number of aryl methyl sites for hydroxylation is 2. The van der Waals surface area contributed by atoms with Crippen molar-refractivity contribution in [3.8, 4) is 0 Å². The summed E-state index contributed by atoms with van der Waals surface area (Å²) in [5.41, 5.74) is 5.43. The van der Waals surface area contributed by atoms with Crippen LogP contribution >= 0.6 is 0 Å². The second-order valence-corrected chi connectivity index (χ2v) is 5.41. The van der Waals surface area contributed by atoms with E-state index >= 15 is 0 Å². The molecule has 0 aromatic carbocycles. The van der Waals surface area contributed by atoms with E-state index < -0.39 is 0 Å². The van der Waals surface area contributed by atoms with Crippen molar-refractivity contribution in [1.29, 1.82) is 0 Å². The number of hydrogen-bond acceptors (Lipinski definition) is 2. The Kier molecular flexibility index (Phi) is 2.86. The Hall–Kier alpha value is -1.35. The fourth-order valence-electron chi connectivity index (χ4n) is 3.26. The van der Waals surface area contributed by atoms with Crippen LogP contribution in [0.4, 0.5) is 0 Å². The zero-order valence-corrected chi connectivity index (χ0v) is 11.5. The van der Waals surface area contributed by atoms with Crippen molar-refractivity contribution in [1.82, 2.24) is 14.9 Å². The first-order valence-electron chi connectivity index (χ1n) is 6.81. The standard InChI is InChI=1S/C15H21N3/c1-10-4-9-17-15-13(10)14(11(2)18(15)3)12-5-7-16-8-6-12/h4,9,12,16H,5-8H2,1-3H3. The van der Waals surface area contributed by atoms with E-state index in [-0.39, 0.29) is 0 Å². The van der Waals surface area contributed by atoms with E-state index in [1.165, 1.54) is 29.5 Å². The van der Waals surface area contributed by atoms with Crippen molar-refractivity contribution in [3.63, 3.8) is 0 Å². The first-order chi connectivity index (χ1) is 8.70. The van der Waals surface area contributed by atoms with Crippen molar-refractivity contribution in [2.75, 3.05) is 13.1 Å². The summed E-state index contributed by atoms with van der Waals surface area (Å²) in [6.45, 7) is 6.71. The Bertz CT molecular complexity index is 577. The lowest BCUT2D eigenvalue weighted by atomic mass is 9.87. The summed E-state index contributed by atoms with van der Waals surface area (Å²) in [4.78, 5) is 4.57. The highest BCUT2D eigenvalue weighted by molar-refractivity contribution is 5.86. The van der Waals surface area contributed by atoms with Crippen LogP contribution in [0.25, 0.3) is 11.0 Å². The molecular formula is C15H21N3. The summed E-state index contributed by atoms with van der Waals surface area (Å²) in [6.07, 6.45) is 4.41. The molecule has 3 nitrogen and oxygen atoms in total. The van der Waals surface area contributed by atoms with Gasteiger partial charge >= 0.3 is 0 Å². The van der Waals surface area contributed by atoms with Gasteiger partial charge in [0, 0.05) is 24.3 Å². The zero-order valence-electron chi connectivity index (χ0n) is 11.5. The van der Waals surface area contributed by atoms with Crippen LogP contribution < -0.4 is 5.32 Å². The van der Waals surface area contributed by atoms with Crippen LogP contribution in [0.1, 0.15) is 35.6 Å². The Morgan fingerprint density at radius 2 is 2.00 bits per heavy atom. The van der Waals surface area contributed by atoms with Crippen molar-refractivity contribution >= 4 is 11.0 Å². The molecule has 96 valence electrons. The van der Waals surface area contributed by atoms with Gasteiger partial charge < -0.3 is 9.88 Å². The smallest absolute Gasteiger partial charge is 0.140 e. The number of aromatic nitrogens is 2. The molecule has 0 aliphatic carbocycles. The van der Waals surface area contributed by atoms with Crippen molar-refractivity contribution < 1.29 is 0 Å². The maximum atomic E-state index is 4.57. The van der Waals surface area contributed by atoms with Crippen LogP contribution in [0.3, 0.4) is 0 Å². The lowest BCUT2D eigenvalue weighted by Gasteiger charge is -2.23. The Balaban J connectivity index is 2.23. The molecule has 2 aromatic heterocycles. The summed E-state index contributed by atoms with van der Waals surface area (Å²) in [5.74, 6) is 0.692. The second-order valence-electron chi connectivity index (χ2n) is 5.41. The van der Waals surface area contributed by atoms with Crippen LogP contribution in [-0.4, -0.2) is 22.6 Å². The first-order valence-corrected chi connectivity index (χ1v) is 6.81. The number of pyridine rings is 1. The molecule has 0 unspecified atom stereocenters. The van der Waals surface area contributed by atoms with E-state index in [1.807, 2.05) is 6.20 Å². The minimum Gasteiger partial charge on any atom is -0.333 e. The van der Waals surface area contributed by atoms with Gasteiger partial charge in [-0.3, -0.25) is 0 Å². The van der Waals surface area contributed by atoms with Gasteiger partial charge in [0.15, 0.2) is 0 Å². The lowest BCUT2D eigenvalue weighted by Crippen LogP contribution is -2.26. The SMILES string of the molecule is Cc1ccnc2c1c(C1CCNCC1)c(C)n2C. The Morgan fingerprint density at radius 1 is 1.28 bits per heavy atom. The average Bonchev–Trinajstić information content (AvgIpc) is 2.65. The summed E-state index contributed by atoms with van der Waals surface area (Å²) < 4.78 is 2.25. The highest BCUT2D eigenvalue weighted by Gasteiger charge is 2.23. The number of piperidine rings is 1. The minimum atomic E-state index is 0.692.